The van der Waals surface area contributed by atoms with Gasteiger partial charge in [-0.1, -0.05) is 0 Å². The number of pyridine rings is 1. The zero-order chi connectivity index (χ0) is 19.1. The van der Waals surface area contributed by atoms with Crippen molar-refractivity contribution in [1.29, 1.82) is 0 Å². The quantitative estimate of drug-likeness (QED) is 0.582. The number of imidazole rings is 1. The molecule has 0 unspecified atom stereocenters. The molecule has 4 heterocycles. The van der Waals surface area contributed by atoms with Gasteiger partial charge in [-0.25, -0.2) is 14.5 Å². The lowest BCUT2D eigenvalue weighted by Crippen LogP contribution is -2.20. The standard InChI is InChI=1S/C19H21N7O/c1-11(2)25-10-13(12-6-5-7-22-17(12)25)14-8-15(20-3)18-23-9-16(19(27)21-4)26(18)24-14/h5-11,20H,1-4H3,(H,21,27). The minimum Gasteiger partial charge on any atom is -0.385 e. The van der Waals surface area contributed by atoms with Crippen LogP contribution in [0.15, 0.2) is 36.8 Å². The van der Waals surface area contributed by atoms with Crippen LogP contribution in [0.2, 0.25) is 0 Å². The SMILES string of the molecule is CNC(=O)c1cnc2c(NC)cc(-c3cn(C(C)C)c4ncccc34)nn12. The van der Waals surface area contributed by atoms with Crippen molar-refractivity contribution in [1.82, 2.24) is 29.5 Å². The topological polar surface area (TPSA) is 89.1 Å². The van der Waals surface area contributed by atoms with Gasteiger partial charge < -0.3 is 15.2 Å². The highest BCUT2D eigenvalue weighted by Crippen LogP contribution is 2.32. The lowest BCUT2D eigenvalue weighted by atomic mass is 10.1. The van der Waals surface area contributed by atoms with Gasteiger partial charge in [-0.05, 0) is 32.0 Å². The molecular weight excluding hydrogens is 342 g/mol. The second-order valence-electron chi connectivity index (χ2n) is 6.57. The summed E-state index contributed by atoms with van der Waals surface area (Å²) >= 11 is 0. The van der Waals surface area contributed by atoms with E-state index in [0.29, 0.717) is 11.3 Å². The molecule has 0 aliphatic carbocycles. The molecule has 2 N–H and O–H groups in total. The van der Waals surface area contributed by atoms with Crippen LogP contribution >= 0.6 is 0 Å². The Balaban J connectivity index is 2.02. The van der Waals surface area contributed by atoms with E-state index in [4.69, 9.17) is 5.10 Å². The fourth-order valence-electron chi connectivity index (χ4n) is 3.25. The molecule has 0 saturated heterocycles. The van der Waals surface area contributed by atoms with Gasteiger partial charge in [0.05, 0.1) is 17.6 Å². The average molecular weight is 363 g/mol. The molecule has 0 aromatic carbocycles. The van der Waals surface area contributed by atoms with Crippen LogP contribution in [0.1, 0.15) is 30.4 Å². The fraction of sp³-hybridized carbons (Fsp3) is 0.263. The Labute approximate surface area is 156 Å². The maximum atomic E-state index is 12.2. The van der Waals surface area contributed by atoms with Crippen molar-refractivity contribution >= 4 is 28.3 Å². The van der Waals surface area contributed by atoms with Gasteiger partial charge in [-0.3, -0.25) is 4.79 Å². The highest BCUT2D eigenvalue weighted by Gasteiger charge is 2.19. The zero-order valence-electron chi connectivity index (χ0n) is 15.7. The maximum Gasteiger partial charge on any atom is 0.271 e. The van der Waals surface area contributed by atoms with Crippen molar-refractivity contribution in [2.24, 2.45) is 0 Å². The van der Waals surface area contributed by atoms with E-state index in [-0.39, 0.29) is 11.9 Å². The van der Waals surface area contributed by atoms with E-state index in [1.165, 1.54) is 6.20 Å². The first-order valence-electron chi connectivity index (χ1n) is 8.79. The van der Waals surface area contributed by atoms with Crippen molar-refractivity contribution in [2.75, 3.05) is 19.4 Å². The molecule has 0 radical (unpaired) electrons. The van der Waals surface area contributed by atoms with Crippen molar-refractivity contribution in [3.05, 3.63) is 42.5 Å². The zero-order valence-corrected chi connectivity index (χ0v) is 15.7. The number of nitrogens with one attached hydrogen (secondary N) is 2. The highest BCUT2D eigenvalue weighted by molar-refractivity contribution is 5.96. The van der Waals surface area contributed by atoms with E-state index >= 15 is 0 Å². The van der Waals surface area contributed by atoms with Crippen LogP contribution in [0.4, 0.5) is 5.69 Å². The molecule has 0 spiro atoms. The lowest BCUT2D eigenvalue weighted by molar-refractivity contribution is 0.0956. The summed E-state index contributed by atoms with van der Waals surface area (Å²) in [6.07, 6.45) is 5.39. The van der Waals surface area contributed by atoms with Crippen LogP contribution in [0.3, 0.4) is 0 Å². The number of aromatic nitrogens is 5. The third-order valence-corrected chi connectivity index (χ3v) is 4.62. The first kappa shape index (κ1) is 17.0. The Morgan fingerprint density at radius 1 is 1.19 bits per heavy atom. The molecule has 0 saturated carbocycles. The number of rotatable bonds is 4. The number of hydrogen-bond acceptors (Lipinski definition) is 5. The lowest BCUT2D eigenvalue weighted by Gasteiger charge is -2.08. The Morgan fingerprint density at radius 2 is 2.00 bits per heavy atom. The van der Waals surface area contributed by atoms with Crippen LogP contribution in [0.25, 0.3) is 27.9 Å². The van der Waals surface area contributed by atoms with E-state index in [2.05, 4.69) is 45.2 Å². The number of amides is 1. The van der Waals surface area contributed by atoms with Crippen LogP contribution in [0, 0.1) is 0 Å². The van der Waals surface area contributed by atoms with Gasteiger partial charge in [0.1, 0.15) is 5.65 Å². The smallest absolute Gasteiger partial charge is 0.271 e. The van der Waals surface area contributed by atoms with Crippen molar-refractivity contribution in [3.63, 3.8) is 0 Å². The summed E-state index contributed by atoms with van der Waals surface area (Å²) in [4.78, 5) is 21.1. The second kappa shape index (κ2) is 6.39. The van der Waals surface area contributed by atoms with Gasteiger partial charge in [0.15, 0.2) is 11.3 Å². The van der Waals surface area contributed by atoms with E-state index < -0.39 is 0 Å². The van der Waals surface area contributed by atoms with E-state index in [1.54, 1.807) is 17.8 Å². The summed E-state index contributed by atoms with van der Waals surface area (Å²) < 4.78 is 3.71. The van der Waals surface area contributed by atoms with Gasteiger partial charge in [-0.15, -0.1) is 0 Å². The predicted molar refractivity (Wildman–Crippen MR) is 105 cm³/mol. The molecule has 0 fully saturated rings. The monoisotopic (exact) mass is 363 g/mol. The Bertz CT molecular complexity index is 1160. The molecule has 8 nitrogen and oxygen atoms in total. The highest BCUT2D eigenvalue weighted by atomic mass is 16.1. The molecule has 4 aromatic heterocycles. The maximum absolute atomic E-state index is 12.2. The van der Waals surface area contributed by atoms with Crippen molar-refractivity contribution in [2.45, 2.75) is 19.9 Å². The molecule has 27 heavy (non-hydrogen) atoms. The number of hydrogen-bond donors (Lipinski definition) is 2. The molecule has 1 amide bonds. The molecule has 0 aliphatic heterocycles. The molecule has 0 atom stereocenters. The molecule has 0 bridgehead atoms. The first-order valence-corrected chi connectivity index (χ1v) is 8.79. The minimum atomic E-state index is -0.236. The third kappa shape index (κ3) is 2.61. The normalized spacial score (nSPS) is 11.4. The summed E-state index contributed by atoms with van der Waals surface area (Å²) in [6.45, 7) is 4.24. The third-order valence-electron chi connectivity index (χ3n) is 4.62. The molecule has 0 aliphatic rings. The predicted octanol–water partition coefficient (Wildman–Crippen LogP) is 2.73. The van der Waals surface area contributed by atoms with Crippen molar-refractivity contribution < 1.29 is 4.79 Å². The first-order chi connectivity index (χ1) is 13.0. The van der Waals surface area contributed by atoms with Crippen LogP contribution < -0.4 is 10.6 Å². The number of anilines is 1. The summed E-state index contributed by atoms with van der Waals surface area (Å²) in [5.41, 5.74) is 4.40. The van der Waals surface area contributed by atoms with Crippen LogP contribution in [0.5, 0.6) is 0 Å². The van der Waals surface area contributed by atoms with Crippen LogP contribution in [-0.2, 0) is 0 Å². The summed E-state index contributed by atoms with van der Waals surface area (Å²) in [5, 5.41) is 11.5. The second-order valence-corrected chi connectivity index (χ2v) is 6.57. The number of carbonyl (C=O) groups excluding carboxylic acids is 1. The number of nitrogens with zero attached hydrogens (tertiary/aromatic N) is 5. The molecular formula is C19H21N7O. The van der Waals surface area contributed by atoms with Gasteiger partial charge in [0.25, 0.3) is 5.91 Å². The van der Waals surface area contributed by atoms with Crippen molar-refractivity contribution in [3.8, 4) is 11.3 Å². The molecule has 138 valence electrons. The molecule has 4 rings (SSSR count). The van der Waals surface area contributed by atoms with Gasteiger partial charge in [-0.2, -0.15) is 5.10 Å². The average Bonchev–Trinajstić information content (AvgIpc) is 3.28. The summed E-state index contributed by atoms with van der Waals surface area (Å²) in [5.74, 6) is -0.236. The summed E-state index contributed by atoms with van der Waals surface area (Å²) in [7, 11) is 3.42. The molecule has 8 heteroatoms. The van der Waals surface area contributed by atoms with Gasteiger partial charge >= 0.3 is 0 Å². The van der Waals surface area contributed by atoms with E-state index in [0.717, 1.165) is 28.0 Å². The Morgan fingerprint density at radius 3 is 2.70 bits per heavy atom. The van der Waals surface area contributed by atoms with Gasteiger partial charge in [0, 0.05) is 43.5 Å². The van der Waals surface area contributed by atoms with E-state index in [1.807, 2.05) is 25.2 Å². The fourth-order valence-corrected chi connectivity index (χ4v) is 3.25. The largest absolute Gasteiger partial charge is 0.385 e. The minimum absolute atomic E-state index is 0.236. The number of fused-ring (bicyclic) bond motifs is 2. The Hall–Kier alpha value is -3.42. The molecule has 4 aromatic rings. The number of carbonyl (C=O) groups is 1. The van der Waals surface area contributed by atoms with E-state index in [9.17, 15) is 4.79 Å². The van der Waals surface area contributed by atoms with Crippen LogP contribution in [-0.4, -0.2) is 44.2 Å². The van der Waals surface area contributed by atoms with Gasteiger partial charge in [0.2, 0.25) is 0 Å². The Kier molecular flexibility index (Phi) is 4.02. The summed E-state index contributed by atoms with van der Waals surface area (Å²) in [6, 6.07) is 6.16.